The van der Waals surface area contributed by atoms with Gasteiger partial charge in [-0.25, -0.2) is 9.79 Å². The molecule has 1 aromatic carbocycles. The quantitative estimate of drug-likeness (QED) is 0.376. The third-order valence-corrected chi connectivity index (χ3v) is 5.41. The molecule has 0 spiro atoms. The molecule has 4 N–H and O–H groups in total. The molecule has 1 saturated carbocycles. The predicted molar refractivity (Wildman–Crippen MR) is 126 cm³/mol. The van der Waals surface area contributed by atoms with E-state index >= 15 is 0 Å². The third kappa shape index (κ3) is 7.45. The van der Waals surface area contributed by atoms with E-state index in [-0.39, 0.29) is 23.4 Å². The molecule has 0 aliphatic heterocycles. The molecule has 0 atom stereocenters. The highest BCUT2D eigenvalue weighted by Crippen LogP contribution is 2.38. The highest BCUT2D eigenvalue weighted by molar-refractivity contribution is 5.89. The number of carbonyl (C=O) groups is 2. The molecule has 8 nitrogen and oxygen atoms in total. The van der Waals surface area contributed by atoms with E-state index in [2.05, 4.69) is 26.3 Å². The molecule has 0 heterocycles. The van der Waals surface area contributed by atoms with Crippen molar-refractivity contribution in [3.8, 4) is 0 Å². The average molecular weight is 431 g/mol. The lowest BCUT2D eigenvalue weighted by Crippen LogP contribution is -2.49. The van der Waals surface area contributed by atoms with E-state index in [1.54, 1.807) is 4.90 Å². The zero-order chi connectivity index (χ0) is 22.9. The van der Waals surface area contributed by atoms with Gasteiger partial charge < -0.3 is 26.2 Å². The number of aliphatic imine (C=N–C) groups is 1. The Balaban J connectivity index is 1.97. The monoisotopic (exact) mass is 430 g/mol. The van der Waals surface area contributed by atoms with E-state index < -0.39 is 0 Å². The molecule has 1 aromatic rings. The molecule has 1 aliphatic rings. The van der Waals surface area contributed by atoms with Gasteiger partial charge in [0.15, 0.2) is 5.96 Å². The standard InChI is InChI=1S/C23H38N6O2/c1-6-24-21(26-16-23(13-7-8-14-23)20(30)29(4)5)25-15-18-9-11-19(12-10-18)28-22(31)27-17(2)3/h9-12,17H,6-8,13-16H2,1-5H3,(H2,24,25,26)(H2,27,28,31). The number of hydrogen-bond acceptors (Lipinski definition) is 3. The molecule has 0 radical (unpaired) electrons. The van der Waals surface area contributed by atoms with Crippen LogP contribution in [0.2, 0.25) is 0 Å². The molecule has 1 aliphatic carbocycles. The molecule has 0 aromatic heterocycles. The summed E-state index contributed by atoms with van der Waals surface area (Å²) >= 11 is 0. The Morgan fingerprint density at radius 1 is 1.10 bits per heavy atom. The number of nitrogens with one attached hydrogen (secondary N) is 4. The maximum atomic E-state index is 12.8. The second-order valence-corrected chi connectivity index (χ2v) is 8.69. The fourth-order valence-corrected chi connectivity index (χ4v) is 3.88. The fourth-order valence-electron chi connectivity index (χ4n) is 3.88. The van der Waals surface area contributed by atoms with Gasteiger partial charge in [-0.2, -0.15) is 0 Å². The molecule has 31 heavy (non-hydrogen) atoms. The summed E-state index contributed by atoms with van der Waals surface area (Å²) in [5, 5.41) is 12.3. The van der Waals surface area contributed by atoms with E-state index in [0.29, 0.717) is 19.0 Å². The number of nitrogens with zero attached hydrogens (tertiary/aromatic N) is 2. The third-order valence-electron chi connectivity index (χ3n) is 5.41. The van der Waals surface area contributed by atoms with Crippen molar-refractivity contribution in [2.24, 2.45) is 10.4 Å². The molecule has 0 saturated heterocycles. The maximum Gasteiger partial charge on any atom is 0.319 e. The van der Waals surface area contributed by atoms with E-state index in [0.717, 1.165) is 43.5 Å². The molecule has 0 bridgehead atoms. The van der Waals surface area contributed by atoms with Crippen molar-refractivity contribution in [1.82, 2.24) is 20.9 Å². The Bertz CT molecular complexity index is 752. The van der Waals surface area contributed by atoms with Crippen LogP contribution in [0.15, 0.2) is 29.3 Å². The van der Waals surface area contributed by atoms with Crippen LogP contribution in [0.3, 0.4) is 0 Å². The van der Waals surface area contributed by atoms with Gasteiger partial charge in [-0.1, -0.05) is 25.0 Å². The summed E-state index contributed by atoms with van der Waals surface area (Å²) in [7, 11) is 3.65. The Hall–Kier alpha value is -2.77. The Kier molecular flexibility index (Phi) is 9.15. The highest BCUT2D eigenvalue weighted by atomic mass is 16.2. The maximum absolute atomic E-state index is 12.8. The van der Waals surface area contributed by atoms with Gasteiger partial charge in [0.2, 0.25) is 5.91 Å². The van der Waals surface area contributed by atoms with Gasteiger partial charge in [0.25, 0.3) is 0 Å². The van der Waals surface area contributed by atoms with Crippen molar-refractivity contribution in [2.75, 3.05) is 32.5 Å². The lowest BCUT2D eigenvalue weighted by atomic mass is 9.84. The number of hydrogen-bond donors (Lipinski definition) is 4. The number of anilines is 1. The van der Waals surface area contributed by atoms with Crippen molar-refractivity contribution in [3.05, 3.63) is 29.8 Å². The van der Waals surface area contributed by atoms with Gasteiger partial charge >= 0.3 is 6.03 Å². The van der Waals surface area contributed by atoms with Crippen LogP contribution < -0.4 is 21.3 Å². The zero-order valence-corrected chi connectivity index (χ0v) is 19.5. The van der Waals surface area contributed by atoms with Crippen molar-refractivity contribution >= 4 is 23.6 Å². The van der Waals surface area contributed by atoms with Gasteiger partial charge in [-0.15, -0.1) is 0 Å². The SMILES string of the molecule is CCNC(=NCc1ccc(NC(=O)NC(C)C)cc1)NCC1(C(=O)N(C)C)CCCC1. The lowest BCUT2D eigenvalue weighted by Gasteiger charge is -2.31. The Morgan fingerprint density at radius 3 is 2.29 bits per heavy atom. The highest BCUT2D eigenvalue weighted by Gasteiger charge is 2.42. The van der Waals surface area contributed by atoms with Crippen LogP contribution in [0, 0.1) is 5.41 Å². The zero-order valence-electron chi connectivity index (χ0n) is 19.5. The summed E-state index contributed by atoms with van der Waals surface area (Å²) in [6.07, 6.45) is 4.00. The smallest absolute Gasteiger partial charge is 0.319 e. The van der Waals surface area contributed by atoms with Crippen LogP contribution in [0.4, 0.5) is 10.5 Å². The number of benzene rings is 1. The summed E-state index contributed by atoms with van der Waals surface area (Å²) < 4.78 is 0. The lowest BCUT2D eigenvalue weighted by molar-refractivity contribution is -0.138. The first-order valence-corrected chi connectivity index (χ1v) is 11.2. The molecule has 0 unspecified atom stereocenters. The van der Waals surface area contributed by atoms with Crippen LogP contribution in [-0.2, 0) is 11.3 Å². The van der Waals surface area contributed by atoms with Crippen LogP contribution in [0.5, 0.6) is 0 Å². The second kappa shape index (κ2) is 11.6. The number of urea groups is 1. The first-order valence-electron chi connectivity index (χ1n) is 11.2. The second-order valence-electron chi connectivity index (χ2n) is 8.69. The summed E-state index contributed by atoms with van der Waals surface area (Å²) in [6, 6.07) is 7.51. The Labute approximate surface area is 186 Å². The van der Waals surface area contributed by atoms with Crippen molar-refractivity contribution < 1.29 is 9.59 Å². The molecule has 2 rings (SSSR count). The van der Waals surface area contributed by atoms with Gasteiger partial charge in [-0.3, -0.25) is 4.79 Å². The van der Waals surface area contributed by atoms with Crippen LogP contribution in [0.1, 0.15) is 52.0 Å². The normalized spacial score (nSPS) is 15.5. The molecule has 1 fully saturated rings. The van der Waals surface area contributed by atoms with Gasteiger partial charge in [0, 0.05) is 38.9 Å². The van der Waals surface area contributed by atoms with Crippen molar-refractivity contribution in [1.29, 1.82) is 0 Å². The average Bonchev–Trinajstić information content (AvgIpc) is 3.20. The summed E-state index contributed by atoms with van der Waals surface area (Å²) in [5.74, 6) is 0.900. The van der Waals surface area contributed by atoms with E-state index in [1.807, 2.05) is 59.1 Å². The number of amides is 3. The number of guanidine groups is 1. The Morgan fingerprint density at radius 2 is 1.74 bits per heavy atom. The molecule has 3 amide bonds. The first kappa shape index (κ1) is 24.5. The summed E-state index contributed by atoms with van der Waals surface area (Å²) in [5.41, 5.74) is 1.43. The van der Waals surface area contributed by atoms with E-state index in [4.69, 9.17) is 0 Å². The predicted octanol–water partition coefficient (Wildman–Crippen LogP) is 2.92. The van der Waals surface area contributed by atoms with Crippen LogP contribution >= 0.6 is 0 Å². The van der Waals surface area contributed by atoms with Gasteiger partial charge in [-0.05, 0) is 51.3 Å². The summed E-state index contributed by atoms with van der Waals surface area (Å²) in [4.78, 5) is 31.0. The molecule has 8 heteroatoms. The van der Waals surface area contributed by atoms with Gasteiger partial charge in [0.1, 0.15) is 0 Å². The fraction of sp³-hybridized carbons (Fsp3) is 0.609. The molecule has 172 valence electrons. The topological polar surface area (TPSA) is 97.9 Å². The number of carbonyl (C=O) groups excluding carboxylic acids is 2. The number of rotatable bonds is 8. The molecular weight excluding hydrogens is 392 g/mol. The first-order chi connectivity index (χ1) is 14.8. The van der Waals surface area contributed by atoms with E-state index in [1.165, 1.54) is 0 Å². The van der Waals surface area contributed by atoms with Crippen LogP contribution in [0.25, 0.3) is 0 Å². The van der Waals surface area contributed by atoms with Crippen molar-refractivity contribution in [2.45, 2.75) is 59.0 Å². The minimum atomic E-state index is -0.344. The van der Waals surface area contributed by atoms with Gasteiger partial charge in [0.05, 0.1) is 12.0 Å². The minimum Gasteiger partial charge on any atom is -0.357 e. The summed E-state index contributed by atoms with van der Waals surface area (Å²) in [6.45, 7) is 7.69. The molecular formula is C23H38N6O2. The van der Waals surface area contributed by atoms with Crippen LogP contribution in [-0.4, -0.2) is 56.0 Å². The largest absolute Gasteiger partial charge is 0.357 e. The van der Waals surface area contributed by atoms with Crippen molar-refractivity contribution in [3.63, 3.8) is 0 Å². The minimum absolute atomic E-state index is 0.0852. The van der Waals surface area contributed by atoms with E-state index in [9.17, 15) is 9.59 Å².